The van der Waals surface area contributed by atoms with E-state index in [9.17, 15) is 4.79 Å². The standard InChI is InChI=1S/C20H25N7OS/c1-11-8-12(2)22-19(21-11)27-14(4)15(13(3)25-27)9-18(28)24-20-23-16-6-7-26(5)10-17(16)29-20/h8H,6-7,9-10H2,1-5H3,(H,23,24,28). The Bertz CT molecular complexity index is 1060. The molecule has 0 fully saturated rings. The van der Waals surface area contributed by atoms with E-state index < -0.39 is 0 Å². The van der Waals surface area contributed by atoms with Gasteiger partial charge in [0.2, 0.25) is 5.91 Å². The van der Waals surface area contributed by atoms with Crippen LogP contribution in [0.1, 0.15) is 38.9 Å². The highest BCUT2D eigenvalue weighted by Crippen LogP contribution is 2.28. The Kier molecular flexibility index (Phi) is 5.18. The summed E-state index contributed by atoms with van der Waals surface area (Å²) < 4.78 is 1.72. The first kappa shape index (κ1) is 19.7. The lowest BCUT2D eigenvalue weighted by atomic mass is 10.1. The van der Waals surface area contributed by atoms with Crippen LogP contribution in [0.5, 0.6) is 0 Å². The monoisotopic (exact) mass is 411 g/mol. The van der Waals surface area contributed by atoms with Crippen LogP contribution < -0.4 is 5.32 Å². The van der Waals surface area contributed by atoms with Crippen LogP contribution in [0.4, 0.5) is 5.13 Å². The fourth-order valence-corrected chi connectivity index (χ4v) is 4.73. The third kappa shape index (κ3) is 4.06. The molecule has 29 heavy (non-hydrogen) atoms. The molecular weight excluding hydrogens is 386 g/mol. The molecule has 0 aromatic carbocycles. The Hall–Kier alpha value is -2.65. The van der Waals surface area contributed by atoms with E-state index in [2.05, 4.69) is 37.3 Å². The summed E-state index contributed by atoms with van der Waals surface area (Å²) in [6, 6.07) is 1.93. The second-order valence-corrected chi connectivity index (χ2v) is 8.70. The van der Waals surface area contributed by atoms with Gasteiger partial charge in [-0.05, 0) is 40.8 Å². The molecule has 9 heteroatoms. The number of carbonyl (C=O) groups is 1. The molecular formula is C20H25N7OS. The minimum absolute atomic E-state index is 0.0865. The van der Waals surface area contributed by atoms with E-state index in [1.165, 1.54) is 4.88 Å². The number of anilines is 1. The molecule has 1 aliphatic heterocycles. The largest absolute Gasteiger partial charge is 0.302 e. The number of likely N-dealkylation sites (N-methyl/N-ethyl adjacent to an activating group) is 1. The van der Waals surface area contributed by atoms with E-state index in [-0.39, 0.29) is 12.3 Å². The van der Waals surface area contributed by atoms with Gasteiger partial charge in [-0.15, -0.1) is 11.3 Å². The van der Waals surface area contributed by atoms with E-state index >= 15 is 0 Å². The maximum Gasteiger partial charge on any atom is 0.251 e. The summed E-state index contributed by atoms with van der Waals surface area (Å²) in [5, 5.41) is 8.22. The van der Waals surface area contributed by atoms with Crippen LogP contribution in [-0.4, -0.2) is 49.1 Å². The highest BCUT2D eigenvalue weighted by Gasteiger charge is 2.21. The van der Waals surface area contributed by atoms with Gasteiger partial charge >= 0.3 is 0 Å². The Labute approximate surface area is 174 Å². The summed E-state index contributed by atoms with van der Waals surface area (Å²) in [4.78, 5) is 29.8. The predicted molar refractivity (Wildman–Crippen MR) is 113 cm³/mol. The zero-order valence-corrected chi connectivity index (χ0v) is 18.2. The van der Waals surface area contributed by atoms with Crippen molar-refractivity contribution in [1.82, 2.24) is 29.6 Å². The number of nitrogens with one attached hydrogen (secondary N) is 1. The van der Waals surface area contributed by atoms with Gasteiger partial charge in [-0.25, -0.2) is 19.6 Å². The van der Waals surface area contributed by atoms with Gasteiger partial charge in [0.25, 0.3) is 5.95 Å². The van der Waals surface area contributed by atoms with Gasteiger partial charge < -0.3 is 10.2 Å². The Morgan fingerprint density at radius 3 is 2.62 bits per heavy atom. The molecule has 0 saturated heterocycles. The molecule has 3 aromatic heterocycles. The van der Waals surface area contributed by atoms with Gasteiger partial charge in [-0.1, -0.05) is 0 Å². The first-order valence-electron chi connectivity index (χ1n) is 9.65. The molecule has 0 spiro atoms. The summed E-state index contributed by atoms with van der Waals surface area (Å²) in [6.45, 7) is 9.62. The van der Waals surface area contributed by atoms with Gasteiger partial charge in [0.15, 0.2) is 5.13 Å². The number of thiazole rings is 1. The molecule has 3 aromatic rings. The number of hydrogen-bond acceptors (Lipinski definition) is 7. The maximum absolute atomic E-state index is 12.7. The van der Waals surface area contributed by atoms with Crippen molar-refractivity contribution in [2.24, 2.45) is 0 Å². The van der Waals surface area contributed by atoms with Crippen molar-refractivity contribution in [2.45, 2.75) is 47.1 Å². The minimum atomic E-state index is -0.0865. The summed E-state index contributed by atoms with van der Waals surface area (Å²) >= 11 is 1.57. The number of aromatic nitrogens is 5. The molecule has 152 valence electrons. The lowest BCUT2D eigenvalue weighted by molar-refractivity contribution is -0.115. The van der Waals surface area contributed by atoms with Gasteiger partial charge in [0.05, 0.1) is 17.8 Å². The Balaban J connectivity index is 1.52. The number of fused-ring (bicyclic) bond motifs is 1. The van der Waals surface area contributed by atoms with Crippen molar-refractivity contribution in [1.29, 1.82) is 0 Å². The molecule has 1 aliphatic rings. The average molecular weight is 412 g/mol. The highest BCUT2D eigenvalue weighted by atomic mass is 32.1. The molecule has 1 amide bonds. The normalized spacial score (nSPS) is 14.1. The third-order valence-electron chi connectivity index (χ3n) is 5.11. The zero-order chi connectivity index (χ0) is 20.7. The molecule has 0 saturated carbocycles. The lowest BCUT2D eigenvalue weighted by Gasteiger charge is -2.20. The van der Waals surface area contributed by atoms with Gasteiger partial charge in [-0.2, -0.15) is 5.10 Å². The fourth-order valence-electron chi connectivity index (χ4n) is 3.63. The van der Waals surface area contributed by atoms with E-state index in [0.29, 0.717) is 11.1 Å². The summed E-state index contributed by atoms with van der Waals surface area (Å²) in [7, 11) is 2.10. The molecule has 0 atom stereocenters. The number of aryl methyl sites for hydroxylation is 3. The second kappa shape index (κ2) is 7.64. The zero-order valence-electron chi connectivity index (χ0n) is 17.4. The van der Waals surface area contributed by atoms with E-state index in [4.69, 9.17) is 0 Å². The third-order valence-corrected chi connectivity index (χ3v) is 6.10. The van der Waals surface area contributed by atoms with Crippen LogP contribution in [-0.2, 0) is 24.2 Å². The van der Waals surface area contributed by atoms with Crippen LogP contribution in [0.15, 0.2) is 6.07 Å². The first-order valence-corrected chi connectivity index (χ1v) is 10.5. The fraction of sp³-hybridized carbons (Fsp3) is 0.450. The number of carbonyl (C=O) groups excluding carboxylic acids is 1. The molecule has 1 N–H and O–H groups in total. The smallest absolute Gasteiger partial charge is 0.251 e. The number of amides is 1. The molecule has 0 radical (unpaired) electrons. The van der Waals surface area contributed by atoms with E-state index in [0.717, 1.165) is 53.5 Å². The van der Waals surface area contributed by atoms with Gasteiger partial charge in [0.1, 0.15) is 0 Å². The summed E-state index contributed by atoms with van der Waals surface area (Å²) in [5.74, 6) is 0.447. The van der Waals surface area contributed by atoms with Crippen LogP contribution in [0, 0.1) is 27.7 Å². The predicted octanol–water partition coefficient (Wildman–Crippen LogP) is 2.52. The maximum atomic E-state index is 12.7. The van der Waals surface area contributed by atoms with Crippen molar-refractivity contribution in [2.75, 3.05) is 18.9 Å². The van der Waals surface area contributed by atoms with Crippen LogP contribution in [0.25, 0.3) is 5.95 Å². The highest BCUT2D eigenvalue weighted by molar-refractivity contribution is 7.15. The van der Waals surface area contributed by atoms with Crippen LogP contribution in [0.2, 0.25) is 0 Å². The molecule has 8 nitrogen and oxygen atoms in total. The van der Waals surface area contributed by atoms with Crippen molar-refractivity contribution in [3.8, 4) is 5.95 Å². The Morgan fingerprint density at radius 2 is 1.90 bits per heavy atom. The molecule has 0 unspecified atom stereocenters. The van der Waals surface area contributed by atoms with Crippen molar-refractivity contribution < 1.29 is 4.79 Å². The average Bonchev–Trinajstić information content (AvgIpc) is 3.15. The molecule has 4 heterocycles. The quantitative estimate of drug-likeness (QED) is 0.710. The van der Waals surface area contributed by atoms with Crippen molar-refractivity contribution >= 4 is 22.4 Å². The minimum Gasteiger partial charge on any atom is -0.302 e. The molecule has 4 rings (SSSR count). The summed E-state index contributed by atoms with van der Waals surface area (Å²) in [6.07, 6.45) is 1.17. The van der Waals surface area contributed by atoms with Crippen molar-refractivity contribution in [3.05, 3.63) is 45.0 Å². The van der Waals surface area contributed by atoms with Crippen molar-refractivity contribution in [3.63, 3.8) is 0 Å². The second-order valence-electron chi connectivity index (χ2n) is 7.61. The SMILES string of the molecule is Cc1cc(C)nc(-n2nc(C)c(CC(=O)Nc3nc4c(s3)CN(C)CC4)c2C)n1. The number of rotatable bonds is 4. The molecule has 0 bridgehead atoms. The number of nitrogens with zero attached hydrogens (tertiary/aromatic N) is 6. The van der Waals surface area contributed by atoms with E-state index in [1.54, 1.807) is 16.0 Å². The van der Waals surface area contributed by atoms with Crippen LogP contribution >= 0.6 is 11.3 Å². The summed E-state index contributed by atoms with van der Waals surface area (Å²) in [5.41, 5.74) is 5.46. The van der Waals surface area contributed by atoms with Gasteiger partial charge in [-0.3, -0.25) is 4.79 Å². The topological polar surface area (TPSA) is 88.8 Å². The van der Waals surface area contributed by atoms with Crippen LogP contribution in [0.3, 0.4) is 0 Å². The number of hydrogen-bond donors (Lipinski definition) is 1. The molecule has 0 aliphatic carbocycles. The van der Waals surface area contributed by atoms with Gasteiger partial charge in [0, 0.05) is 47.0 Å². The first-order chi connectivity index (χ1) is 13.8. The van der Waals surface area contributed by atoms with E-state index in [1.807, 2.05) is 33.8 Å². The lowest BCUT2D eigenvalue weighted by Crippen LogP contribution is -2.25. The Morgan fingerprint density at radius 1 is 1.17 bits per heavy atom.